The molecule has 0 atom stereocenters. The fourth-order valence-corrected chi connectivity index (χ4v) is 13.4. The Morgan fingerprint density at radius 2 is 0.932 bits per heavy atom. The number of allylic oxidation sites excluding steroid dienone is 4. The van der Waals surface area contributed by atoms with Crippen molar-refractivity contribution in [1.82, 2.24) is 0 Å². The molecule has 8 rings (SSSR count). The predicted octanol–water partition coefficient (Wildman–Crippen LogP) is 21.0. The lowest BCUT2D eigenvalue weighted by molar-refractivity contribution is 0.332. The molecule has 0 heterocycles. The lowest BCUT2D eigenvalue weighted by atomic mass is 9.63. The van der Waals surface area contributed by atoms with E-state index < -0.39 is 0 Å². The summed E-state index contributed by atoms with van der Waals surface area (Å²) in [5.74, 6) is 0. The molecule has 5 aromatic carbocycles. The third kappa shape index (κ3) is 9.77. The standard InChI is InChI=1S/C71H94N2/c1-24-53-56(71(22,23)44-70(53,20)21)38-47(4)72(60-42-57-54(36-45(60)2)66(12,13)32-34-68(57,16)17)62-40-51(65(9,10)11)41-63(48(62)5)73(61-43-58-55(37-46(61)3)67(14,15)33-35-69(58,18)19)59-31-30-50(64(6,7)8)39-52(59)49-28-26-25-27-29-49/h24-31,36-43H,4,32-35,44H2,1-3,5-23H3/b53-24+,56-38+. The number of benzene rings is 5. The van der Waals surface area contributed by atoms with Gasteiger partial charge in [-0.2, -0.15) is 0 Å². The molecule has 1 fully saturated rings. The predicted molar refractivity (Wildman–Crippen MR) is 320 cm³/mol. The molecule has 0 amide bonds. The first-order chi connectivity index (χ1) is 33.5. The van der Waals surface area contributed by atoms with Crippen LogP contribution in [0.5, 0.6) is 0 Å². The van der Waals surface area contributed by atoms with Gasteiger partial charge in [0.2, 0.25) is 0 Å². The van der Waals surface area contributed by atoms with Gasteiger partial charge in [0.05, 0.1) is 17.1 Å². The molecule has 73 heavy (non-hydrogen) atoms. The summed E-state index contributed by atoms with van der Waals surface area (Å²) in [6, 6.07) is 33.7. The second-order valence-corrected chi connectivity index (χ2v) is 29.0. The summed E-state index contributed by atoms with van der Waals surface area (Å²) in [6.45, 7) is 58.0. The molecule has 2 heteroatoms. The Morgan fingerprint density at radius 1 is 0.479 bits per heavy atom. The summed E-state index contributed by atoms with van der Waals surface area (Å²) in [7, 11) is 0. The Labute approximate surface area is 445 Å². The molecule has 0 unspecified atom stereocenters. The van der Waals surface area contributed by atoms with Gasteiger partial charge in [0.25, 0.3) is 0 Å². The fourth-order valence-electron chi connectivity index (χ4n) is 13.4. The third-order valence-electron chi connectivity index (χ3n) is 18.2. The normalized spacial score (nSPS) is 20.4. The number of hydrogen-bond acceptors (Lipinski definition) is 2. The topological polar surface area (TPSA) is 6.48 Å². The highest BCUT2D eigenvalue weighted by atomic mass is 15.2. The Morgan fingerprint density at radius 3 is 1.42 bits per heavy atom. The molecule has 0 radical (unpaired) electrons. The minimum atomic E-state index is -0.184. The summed E-state index contributed by atoms with van der Waals surface area (Å²) in [4.78, 5) is 5.24. The van der Waals surface area contributed by atoms with Gasteiger partial charge in [0, 0.05) is 22.6 Å². The van der Waals surface area contributed by atoms with Gasteiger partial charge in [0.15, 0.2) is 0 Å². The molecular formula is C71H94N2. The second kappa shape index (κ2) is 18.1. The maximum atomic E-state index is 5.18. The number of fused-ring (bicyclic) bond motifs is 2. The average Bonchev–Trinajstić information content (AvgIpc) is 3.46. The molecule has 388 valence electrons. The van der Waals surface area contributed by atoms with Crippen molar-refractivity contribution in [2.24, 2.45) is 10.8 Å². The van der Waals surface area contributed by atoms with Crippen LogP contribution in [0.2, 0.25) is 0 Å². The van der Waals surface area contributed by atoms with Crippen molar-refractivity contribution in [1.29, 1.82) is 0 Å². The summed E-state index contributed by atoms with van der Waals surface area (Å²) >= 11 is 0. The molecular weight excluding hydrogens is 881 g/mol. The molecule has 3 aliphatic carbocycles. The molecule has 0 spiro atoms. The van der Waals surface area contributed by atoms with Gasteiger partial charge in [0.1, 0.15) is 0 Å². The maximum absolute atomic E-state index is 5.18. The highest BCUT2D eigenvalue weighted by Crippen LogP contribution is 2.58. The highest BCUT2D eigenvalue weighted by molar-refractivity contribution is 5.93. The van der Waals surface area contributed by atoms with Crippen molar-refractivity contribution in [3.05, 3.63) is 171 Å². The van der Waals surface area contributed by atoms with Gasteiger partial charge in [-0.15, -0.1) is 0 Å². The van der Waals surface area contributed by atoms with E-state index in [4.69, 9.17) is 6.58 Å². The number of nitrogens with zero attached hydrogens (tertiary/aromatic N) is 2. The second-order valence-electron chi connectivity index (χ2n) is 29.0. The van der Waals surface area contributed by atoms with Gasteiger partial charge >= 0.3 is 0 Å². The quantitative estimate of drug-likeness (QED) is 0.153. The molecule has 2 nitrogen and oxygen atoms in total. The van der Waals surface area contributed by atoms with Crippen LogP contribution in [-0.2, 0) is 32.5 Å². The highest BCUT2D eigenvalue weighted by Gasteiger charge is 2.45. The van der Waals surface area contributed by atoms with E-state index in [2.05, 4.69) is 259 Å². The zero-order chi connectivity index (χ0) is 54.0. The SMILES string of the molecule is C=C(/C=C1\C(=C/C)C(C)(C)CC1(C)C)N(c1cc2c(cc1C)C(C)(C)CCC2(C)C)c1cc(C(C)(C)C)cc(N(c2cc3c(cc2C)C(C)(C)CCC3(C)C)c2ccc(C(C)(C)C)cc2-c2ccccc2)c1C. The first kappa shape index (κ1) is 54.2. The summed E-state index contributed by atoms with van der Waals surface area (Å²) in [5, 5.41) is 0. The molecule has 0 aromatic heterocycles. The zero-order valence-electron chi connectivity index (χ0n) is 49.9. The van der Waals surface area contributed by atoms with E-state index in [0.717, 1.165) is 25.0 Å². The number of rotatable bonds is 8. The molecule has 0 N–H and O–H groups in total. The van der Waals surface area contributed by atoms with E-state index in [9.17, 15) is 0 Å². The molecule has 0 saturated heterocycles. The van der Waals surface area contributed by atoms with Gasteiger partial charge in [-0.05, 0) is 212 Å². The van der Waals surface area contributed by atoms with Crippen LogP contribution >= 0.6 is 0 Å². The minimum absolute atomic E-state index is 0.0213. The van der Waals surface area contributed by atoms with E-state index in [1.807, 2.05) is 0 Å². The Kier molecular flexibility index (Phi) is 13.4. The van der Waals surface area contributed by atoms with Crippen molar-refractivity contribution in [3.8, 4) is 11.1 Å². The Hall–Kier alpha value is -5.08. The van der Waals surface area contributed by atoms with Gasteiger partial charge in [-0.1, -0.05) is 186 Å². The molecule has 1 saturated carbocycles. The van der Waals surface area contributed by atoms with Crippen molar-refractivity contribution in [2.75, 3.05) is 9.80 Å². The van der Waals surface area contributed by atoms with Crippen LogP contribution in [-0.4, -0.2) is 0 Å². The Balaban J connectivity index is 1.53. The number of anilines is 5. The van der Waals surface area contributed by atoms with Crippen LogP contribution < -0.4 is 9.80 Å². The Bertz CT molecular complexity index is 3050. The van der Waals surface area contributed by atoms with E-state index in [0.29, 0.717) is 0 Å². The lowest BCUT2D eigenvalue weighted by Crippen LogP contribution is -2.34. The smallest absolute Gasteiger partial charge is 0.0540 e. The van der Waals surface area contributed by atoms with Crippen LogP contribution in [0, 0.1) is 31.6 Å². The van der Waals surface area contributed by atoms with Crippen LogP contribution in [0.3, 0.4) is 0 Å². The fraction of sp³-hybridized carbons (Fsp3) is 0.493. The first-order valence-corrected chi connectivity index (χ1v) is 27.9. The van der Waals surface area contributed by atoms with Crippen molar-refractivity contribution in [3.63, 3.8) is 0 Å². The van der Waals surface area contributed by atoms with E-state index in [-0.39, 0.29) is 43.3 Å². The van der Waals surface area contributed by atoms with Crippen LogP contribution in [0.15, 0.2) is 121 Å². The lowest BCUT2D eigenvalue weighted by Gasteiger charge is -2.44. The minimum Gasteiger partial charge on any atom is -0.310 e. The van der Waals surface area contributed by atoms with Crippen LogP contribution in [0.1, 0.15) is 214 Å². The number of hydrogen-bond donors (Lipinski definition) is 0. The van der Waals surface area contributed by atoms with Crippen molar-refractivity contribution < 1.29 is 0 Å². The van der Waals surface area contributed by atoms with E-state index in [1.165, 1.54) is 114 Å². The summed E-state index contributed by atoms with van der Waals surface area (Å²) < 4.78 is 0. The molecule has 0 aliphatic heterocycles. The maximum Gasteiger partial charge on any atom is 0.0540 e. The summed E-state index contributed by atoms with van der Waals surface area (Å²) in [5.41, 5.74) is 24.6. The first-order valence-electron chi connectivity index (χ1n) is 27.9. The number of aryl methyl sites for hydroxylation is 2. The van der Waals surface area contributed by atoms with E-state index in [1.54, 1.807) is 0 Å². The van der Waals surface area contributed by atoms with Crippen molar-refractivity contribution in [2.45, 2.75) is 217 Å². The monoisotopic (exact) mass is 975 g/mol. The van der Waals surface area contributed by atoms with Gasteiger partial charge < -0.3 is 9.80 Å². The van der Waals surface area contributed by atoms with Crippen molar-refractivity contribution >= 4 is 28.4 Å². The summed E-state index contributed by atoms with van der Waals surface area (Å²) in [6.07, 6.45) is 10.6. The third-order valence-corrected chi connectivity index (χ3v) is 18.2. The van der Waals surface area contributed by atoms with Crippen LogP contribution in [0.4, 0.5) is 28.4 Å². The molecule has 0 bridgehead atoms. The largest absolute Gasteiger partial charge is 0.310 e. The molecule has 5 aromatic rings. The van der Waals surface area contributed by atoms with Gasteiger partial charge in [-0.3, -0.25) is 0 Å². The van der Waals surface area contributed by atoms with E-state index >= 15 is 0 Å². The van der Waals surface area contributed by atoms with Gasteiger partial charge in [-0.25, -0.2) is 0 Å². The average molecular weight is 976 g/mol. The van der Waals surface area contributed by atoms with Crippen LogP contribution in [0.25, 0.3) is 11.1 Å². The molecule has 3 aliphatic rings. The zero-order valence-corrected chi connectivity index (χ0v) is 49.9.